The van der Waals surface area contributed by atoms with E-state index in [0.717, 1.165) is 56.9 Å². The molecule has 148 valence electrons. The van der Waals surface area contributed by atoms with Gasteiger partial charge in [0.25, 0.3) is 0 Å². The molecule has 0 aromatic heterocycles. The molecule has 1 unspecified atom stereocenters. The summed E-state index contributed by atoms with van der Waals surface area (Å²) in [5, 5.41) is 9.47. The van der Waals surface area contributed by atoms with E-state index in [9.17, 15) is 9.59 Å². The third kappa shape index (κ3) is 9.89. The monoisotopic (exact) mass is 414 g/mol. The lowest BCUT2D eigenvalue weighted by Crippen LogP contribution is -2.49. The highest BCUT2D eigenvalue weighted by Crippen LogP contribution is 2.12. The Morgan fingerprint density at radius 3 is 2.52 bits per heavy atom. The summed E-state index contributed by atoms with van der Waals surface area (Å²) in [7, 11) is 0. The molecule has 0 bridgehead atoms. The van der Waals surface area contributed by atoms with Crippen molar-refractivity contribution in [2.45, 2.75) is 44.7 Å². The summed E-state index contributed by atoms with van der Waals surface area (Å²) in [6.45, 7) is 6.03. The molecule has 2 fully saturated rings. The zero-order valence-corrected chi connectivity index (χ0v) is 17.4. The zero-order chi connectivity index (χ0) is 16.5. The van der Waals surface area contributed by atoms with Gasteiger partial charge in [0.2, 0.25) is 11.8 Å². The van der Waals surface area contributed by atoms with Gasteiger partial charge in [0.05, 0.1) is 6.54 Å². The summed E-state index contributed by atoms with van der Waals surface area (Å²) in [6.07, 6.45) is 3.40. The molecular weight excluding hydrogens is 383 g/mol. The number of hydrogen-bond acceptors (Lipinski definition) is 5. The Morgan fingerprint density at radius 2 is 1.92 bits per heavy atom. The first kappa shape index (κ1) is 24.8. The SMILES string of the molecule is CCCNC(=O)CN1CCC(NC(=O)CC2CSCCN2)CC1.Cl.Cl. The smallest absolute Gasteiger partial charge is 0.234 e. The van der Waals surface area contributed by atoms with E-state index in [1.165, 1.54) is 0 Å². The Balaban J connectivity index is 0.00000288. The lowest BCUT2D eigenvalue weighted by Gasteiger charge is -2.32. The molecule has 2 aliphatic rings. The van der Waals surface area contributed by atoms with E-state index in [-0.39, 0.29) is 42.7 Å². The van der Waals surface area contributed by atoms with Gasteiger partial charge in [-0.15, -0.1) is 24.8 Å². The molecule has 1 atom stereocenters. The van der Waals surface area contributed by atoms with Crippen LogP contribution in [0, 0.1) is 0 Å². The van der Waals surface area contributed by atoms with Crippen LogP contribution in [0.2, 0.25) is 0 Å². The highest BCUT2D eigenvalue weighted by atomic mass is 35.5. The Morgan fingerprint density at radius 1 is 1.20 bits per heavy atom. The quantitative estimate of drug-likeness (QED) is 0.580. The summed E-state index contributed by atoms with van der Waals surface area (Å²) >= 11 is 1.92. The minimum atomic E-state index is 0. The lowest BCUT2D eigenvalue weighted by molar-refractivity contribution is -0.124. The zero-order valence-electron chi connectivity index (χ0n) is 14.9. The summed E-state index contributed by atoms with van der Waals surface area (Å²) in [4.78, 5) is 26.0. The summed E-state index contributed by atoms with van der Waals surface area (Å²) < 4.78 is 0. The lowest BCUT2D eigenvalue weighted by atomic mass is 10.0. The van der Waals surface area contributed by atoms with E-state index in [0.29, 0.717) is 19.0 Å². The maximum atomic E-state index is 12.1. The number of likely N-dealkylation sites (tertiary alicyclic amines) is 1. The molecule has 0 aromatic rings. The fourth-order valence-electron chi connectivity index (χ4n) is 3.02. The second-order valence-corrected chi connectivity index (χ2v) is 7.55. The van der Waals surface area contributed by atoms with Gasteiger partial charge in [-0.3, -0.25) is 14.5 Å². The number of amides is 2. The number of piperidine rings is 1. The number of carbonyl (C=O) groups is 2. The highest BCUT2D eigenvalue weighted by molar-refractivity contribution is 7.99. The third-order valence-electron chi connectivity index (χ3n) is 4.32. The molecule has 2 amide bonds. The first-order chi connectivity index (χ1) is 11.2. The Labute approximate surface area is 167 Å². The molecule has 2 heterocycles. The van der Waals surface area contributed by atoms with E-state index in [4.69, 9.17) is 0 Å². The molecule has 2 aliphatic heterocycles. The number of nitrogens with zero attached hydrogens (tertiary/aromatic N) is 1. The number of nitrogens with one attached hydrogen (secondary N) is 3. The van der Waals surface area contributed by atoms with Crippen LogP contribution < -0.4 is 16.0 Å². The van der Waals surface area contributed by atoms with Crippen molar-refractivity contribution in [3.8, 4) is 0 Å². The van der Waals surface area contributed by atoms with Crippen LogP contribution in [0.3, 0.4) is 0 Å². The van der Waals surface area contributed by atoms with Gasteiger partial charge in [-0.2, -0.15) is 11.8 Å². The van der Waals surface area contributed by atoms with Crippen LogP contribution in [0.4, 0.5) is 0 Å². The molecule has 3 N–H and O–H groups in total. The van der Waals surface area contributed by atoms with Crippen molar-refractivity contribution in [3.05, 3.63) is 0 Å². The van der Waals surface area contributed by atoms with Crippen molar-refractivity contribution in [1.82, 2.24) is 20.9 Å². The molecule has 0 aliphatic carbocycles. The second kappa shape index (κ2) is 13.9. The highest BCUT2D eigenvalue weighted by Gasteiger charge is 2.23. The second-order valence-electron chi connectivity index (χ2n) is 6.40. The van der Waals surface area contributed by atoms with Crippen LogP contribution >= 0.6 is 36.6 Å². The Kier molecular flexibility index (Phi) is 13.8. The van der Waals surface area contributed by atoms with E-state index in [1.54, 1.807) is 0 Å². The molecular formula is C16H32Cl2N4O2S. The van der Waals surface area contributed by atoms with Crippen LogP contribution in [0.25, 0.3) is 0 Å². The van der Waals surface area contributed by atoms with Crippen LogP contribution in [-0.4, -0.2) is 73.0 Å². The first-order valence-electron chi connectivity index (χ1n) is 8.77. The fraction of sp³-hybridized carbons (Fsp3) is 0.875. The molecule has 0 saturated carbocycles. The van der Waals surface area contributed by atoms with E-state index < -0.39 is 0 Å². The summed E-state index contributed by atoms with van der Waals surface area (Å²) in [5.74, 6) is 2.43. The molecule has 2 rings (SSSR count). The Hall–Kier alpha value is -0.210. The van der Waals surface area contributed by atoms with Crippen molar-refractivity contribution in [2.75, 3.05) is 44.2 Å². The largest absolute Gasteiger partial charge is 0.355 e. The van der Waals surface area contributed by atoms with Gasteiger partial charge in [-0.25, -0.2) is 0 Å². The minimum Gasteiger partial charge on any atom is -0.355 e. The van der Waals surface area contributed by atoms with Crippen LogP contribution in [0.15, 0.2) is 0 Å². The third-order valence-corrected chi connectivity index (χ3v) is 5.45. The molecule has 9 heteroatoms. The molecule has 2 saturated heterocycles. The fourth-order valence-corrected chi connectivity index (χ4v) is 3.97. The van der Waals surface area contributed by atoms with E-state index in [2.05, 4.69) is 27.8 Å². The van der Waals surface area contributed by atoms with Crippen molar-refractivity contribution < 1.29 is 9.59 Å². The maximum Gasteiger partial charge on any atom is 0.234 e. The van der Waals surface area contributed by atoms with Crippen LogP contribution in [0.5, 0.6) is 0 Å². The number of hydrogen-bond donors (Lipinski definition) is 3. The van der Waals surface area contributed by atoms with E-state index in [1.807, 2.05) is 11.8 Å². The standard InChI is InChI=1S/C16H30N4O2S.2ClH/c1-2-5-18-16(22)11-20-7-3-13(4-8-20)19-15(21)10-14-12-23-9-6-17-14;;/h13-14,17H,2-12H2,1H3,(H,18,22)(H,19,21);2*1H. The summed E-state index contributed by atoms with van der Waals surface area (Å²) in [5.41, 5.74) is 0. The van der Waals surface area contributed by atoms with Crippen molar-refractivity contribution in [3.63, 3.8) is 0 Å². The average Bonchev–Trinajstić information content (AvgIpc) is 2.55. The molecule has 0 aromatic carbocycles. The molecule has 25 heavy (non-hydrogen) atoms. The van der Waals surface area contributed by atoms with Gasteiger partial charge < -0.3 is 16.0 Å². The number of halogens is 2. The minimum absolute atomic E-state index is 0. The first-order valence-corrected chi connectivity index (χ1v) is 9.92. The van der Waals surface area contributed by atoms with Gasteiger partial charge in [-0.05, 0) is 19.3 Å². The van der Waals surface area contributed by atoms with E-state index >= 15 is 0 Å². The predicted molar refractivity (Wildman–Crippen MR) is 109 cm³/mol. The Bertz CT molecular complexity index is 390. The van der Waals surface area contributed by atoms with Gasteiger partial charge >= 0.3 is 0 Å². The van der Waals surface area contributed by atoms with Crippen LogP contribution in [-0.2, 0) is 9.59 Å². The van der Waals surface area contributed by atoms with Crippen LogP contribution in [0.1, 0.15) is 32.6 Å². The van der Waals surface area contributed by atoms with Crippen molar-refractivity contribution >= 4 is 48.4 Å². The number of rotatable bonds is 7. The maximum absolute atomic E-state index is 12.1. The molecule has 0 spiro atoms. The topological polar surface area (TPSA) is 73.5 Å². The van der Waals surface area contributed by atoms with Crippen molar-refractivity contribution in [2.24, 2.45) is 0 Å². The number of carbonyl (C=O) groups excluding carboxylic acids is 2. The van der Waals surface area contributed by atoms with Gasteiger partial charge in [0.1, 0.15) is 0 Å². The average molecular weight is 415 g/mol. The van der Waals surface area contributed by atoms with Gasteiger partial charge in [-0.1, -0.05) is 6.92 Å². The number of thioether (sulfide) groups is 1. The van der Waals surface area contributed by atoms with Gasteiger partial charge in [0, 0.05) is 56.2 Å². The molecule has 0 radical (unpaired) electrons. The molecule has 6 nitrogen and oxygen atoms in total. The summed E-state index contributed by atoms with van der Waals surface area (Å²) in [6, 6.07) is 0.574. The van der Waals surface area contributed by atoms with Gasteiger partial charge in [0.15, 0.2) is 0 Å². The normalized spacial score (nSPS) is 21.6. The predicted octanol–water partition coefficient (Wildman–Crippen LogP) is 1.03. The van der Waals surface area contributed by atoms with Crippen molar-refractivity contribution in [1.29, 1.82) is 0 Å².